The standard InChI is InChI=1S/C15H22BrN/c1-3-13-4-6-14(7-5-13)11-17-9-8-15(16)12(2)10-17/h4-7,12,15H,3,8-11H2,1-2H3. The minimum atomic E-state index is 0.709. The fraction of sp³-hybridized carbons (Fsp3) is 0.600. The number of benzene rings is 1. The van der Waals surface area contributed by atoms with Gasteiger partial charge in [0.2, 0.25) is 0 Å². The molecule has 1 nitrogen and oxygen atoms in total. The summed E-state index contributed by atoms with van der Waals surface area (Å²) in [6.07, 6.45) is 2.40. The summed E-state index contributed by atoms with van der Waals surface area (Å²) in [4.78, 5) is 3.28. The van der Waals surface area contributed by atoms with Crippen molar-refractivity contribution in [1.82, 2.24) is 4.90 Å². The highest BCUT2D eigenvalue weighted by atomic mass is 79.9. The number of alkyl halides is 1. The number of aryl methyl sites for hydroxylation is 1. The highest BCUT2D eigenvalue weighted by Crippen LogP contribution is 2.24. The molecule has 1 heterocycles. The summed E-state index contributed by atoms with van der Waals surface area (Å²) in [5, 5.41) is 0. The Kier molecular flexibility index (Phi) is 4.63. The molecule has 17 heavy (non-hydrogen) atoms. The highest BCUT2D eigenvalue weighted by Gasteiger charge is 2.23. The lowest BCUT2D eigenvalue weighted by Gasteiger charge is -2.34. The largest absolute Gasteiger partial charge is 0.299 e. The number of piperidine rings is 1. The van der Waals surface area contributed by atoms with Crippen LogP contribution in [0.15, 0.2) is 24.3 Å². The zero-order chi connectivity index (χ0) is 12.3. The first-order chi connectivity index (χ1) is 8.19. The van der Waals surface area contributed by atoms with Crippen LogP contribution in [0.5, 0.6) is 0 Å². The number of hydrogen-bond donors (Lipinski definition) is 0. The minimum absolute atomic E-state index is 0.709. The van der Waals surface area contributed by atoms with Crippen LogP contribution in [-0.4, -0.2) is 22.8 Å². The molecule has 1 aliphatic heterocycles. The van der Waals surface area contributed by atoms with Crippen molar-refractivity contribution in [2.75, 3.05) is 13.1 Å². The summed E-state index contributed by atoms with van der Waals surface area (Å²) in [6, 6.07) is 9.08. The topological polar surface area (TPSA) is 3.24 Å². The number of likely N-dealkylation sites (tertiary alicyclic amines) is 1. The van der Waals surface area contributed by atoms with Crippen molar-refractivity contribution in [3.63, 3.8) is 0 Å². The number of nitrogens with zero attached hydrogens (tertiary/aromatic N) is 1. The maximum Gasteiger partial charge on any atom is 0.0233 e. The van der Waals surface area contributed by atoms with E-state index >= 15 is 0 Å². The Morgan fingerprint density at radius 3 is 2.47 bits per heavy atom. The van der Waals surface area contributed by atoms with Gasteiger partial charge in [-0.3, -0.25) is 4.90 Å². The molecule has 94 valence electrons. The second-order valence-corrected chi connectivity index (χ2v) is 6.36. The molecule has 0 radical (unpaired) electrons. The Hall–Kier alpha value is -0.340. The summed E-state index contributed by atoms with van der Waals surface area (Å²) >= 11 is 3.76. The van der Waals surface area contributed by atoms with Gasteiger partial charge in [-0.25, -0.2) is 0 Å². The molecule has 1 aliphatic rings. The first-order valence-electron chi connectivity index (χ1n) is 6.63. The Balaban J connectivity index is 1.92. The molecule has 2 heteroatoms. The van der Waals surface area contributed by atoms with E-state index < -0.39 is 0 Å². The van der Waals surface area contributed by atoms with Crippen LogP contribution in [0.3, 0.4) is 0 Å². The second kappa shape index (κ2) is 6.01. The lowest BCUT2D eigenvalue weighted by Crippen LogP contribution is -2.39. The van der Waals surface area contributed by atoms with Gasteiger partial charge in [0, 0.05) is 17.9 Å². The fourth-order valence-electron chi connectivity index (χ4n) is 2.49. The average Bonchev–Trinajstić information content (AvgIpc) is 2.35. The molecule has 0 spiro atoms. The molecule has 0 saturated carbocycles. The third kappa shape index (κ3) is 3.56. The van der Waals surface area contributed by atoms with Crippen LogP contribution in [-0.2, 0) is 13.0 Å². The van der Waals surface area contributed by atoms with Crippen molar-refractivity contribution in [2.45, 2.75) is 38.1 Å². The van der Waals surface area contributed by atoms with Crippen LogP contribution in [0.4, 0.5) is 0 Å². The van der Waals surface area contributed by atoms with Crippen LogP contribution in [0, 0.1) is 5.92 Å². The zero-order valence-corrected chi connectivity index (χ0v) is 12.4. The molecular weight excluding hydrogens is 274 g/mol. The van der Waals surface area contributed by atoms with E-state index in [9.17, 15) is 0 Å². The van der Waals surface area contributed by atoms with E-state index in [0.29, 0.717) is 4.83 Å². The molecule has 2 unspecified atom stereocenters. The van der Waals surface area contributed by atoms with Crippen molar-refractivity contribution < 1.29 is 0 Å². The highest BCUT2D eigenvalue weighted by molar-refractivity contribution is 9.09. The molecule has 1 saturated heterocycles. The van der Waals surface area contributed by atoms with Gasteiger partial charge < -0.3 is 0 Å². The van der Waals surface area contributed by atoms with Crippen molar-refractivity contribution in [3.05, 3.63) is 35.4 Å². The van der Waals surface area contributed by atoms with Gasteiger partial charge in [0.15, 0.2) is 0 Å². The number of rotatable bonds is 3. The molecule has 0 aromatic heterocycles. The molecule has 2 atom stereocenters. The molecule has 1 aromatic carbocycles. The third-order valence-corrected chi connectivity index (χ3v) is 5.08. The molecule has 0 amide bonds. The Labute approximate surface area is 113 Å². The molecule has 1 fully saturated rings. The number of halogens is 1. The predicted octanol–water partition coefficient (Wildman–Crippen LogP) is 3.85. The summed E-state index contributed by atoms with van der Waals surface area (Å²) in [5.74, 6) is 0.763. The lowest BCUT2D eigenvalue weighted by molar-refractivity contribution is 0.183. The zero-order valence-electron chi connectivity index (χ0n) is 10.8. The molecule has 0 N–H and O–H groups in total. The van der Waals surface area contributed by atoms with Crippen molar-refractivity contribution >= 4 is 15.9 Å². The van der Waals surface area contributed by atoms with E-state index in [4.69, 9.17) is 0 Å². The first kappa shape index (κ1) is 13.1. The van der Waals surface area contributed by atoms with Gasteiger partial charge in [-0.15, -0.1) is 0 Å². The van der Waals surface area contributed by atoms with Crippen molar-refractivity contribution in [2.24, 2.45) is 5.92 Å². The van der Waals surface area contributed by atoms with Gasteiger partial charge in [-0.05, 0) is 36.4 Å². The smallest absolute Gasteiger partial charge is 0.0233 e. The van der Waals surface area contributed by atoms with Gasteiger partial charge in [0.05, 0.1) is 0 Å². The molecular formula is C15H22BrN. The molecule has 0 aliphatic carbocycles. The first-order valence-corrected chi connectivity index (χ1v) is 7.55. The Bertz CT molecular complexity index is 346. The van der Waals surface area contributed by atoms with E-state index in [-0.39, 0.29) is 0 Å². The van der Waals surface area contributed by atoms with Gasteiger partial charge in [-0.2, -0.15) is 0 Å². The fourth-order valence-corrected chi connectivity index (χ4v) is 2.86. The van der Waals surface area contributed by atoms with E-state index in [1.54, 1.807) is 0 Å². The average molecular weight is 296 g/mol. The van der Waals surface area contributed by atoms with Crippen molar-refractivity contribution in [1.29, 1.82) is 0 Å². The SMILES string of the molecule is CCc1ccc(CN2CCC(Br)C(C)C2)cc1. The summed E-state index contributed by atoms with van der Waals surface area (Å²) < 4.78 is 0. The van der Waals surface area contributed by atoms with E-state index in [1.807, 2.05) is 0 Å². The van der Waals surface area contributed by atoms with Gasteiger partial charge in [0.1, 0.15) is 0 Å². The summed E-state index contributed by atoms with van der Waals surface area (Å²) in [5.41, 5.74) is 2.88. The maximum absolute atomic E-state index is 3.76. The third-order valence-electron chi connectivity index (χ3n) is 3.72. The van der Waals surface area contributed by atoms with Crippen LogP contribution < -0.4 is 0 Å². The monoisotopic (exact) mass is 295 g/mol. The number of hydrogen-bond acceptors (Lipinski definition) is 1. The minimum Gasteiger partial charge on any atom is -0.299 e. The Morgan fingerprint density at radius 2 is 1.88 bits per heavy atom. The van der Waals surface area contributed by atoms with Crippen LogP contribution >= 0.6 is 15.9 Å². The van der Waals surface area contributed by atoms with Gasteiger partial charge >= 0.3 is 0 Å². The molecule has 0 bridgehead atoms. The maximum atomic E-state index is 3.76. The van der Waals surface area contributed by atoms with Crippen molar-refractivity contribution in [3.8, 4) is 0 Å². The summed E-state index contributed by atoms with van der Waals surface area (Å²) in [6.45, 7) is 8.08. The lowest BCUT2D eigenvalue weighted by atomic mass is 9.99. The van der Waals surface area contributed by atoms with Crippen LogP contribution in [0.1, 0.15) is 31.4 Å². The second-order valence-electron chi connectivity index (χ2n) is 5.19. The summed E-state index contributed by atoms with van der Waals surface area (Å²) in [7, 11) is 0. The van der Waals surface area contributed by atoms with Gasteiger partial charge in [-0.1, -0.05) is 54.0 Å². The molecule has 1 aromatic rings. The van der Waals surface area contributed by atoms with Crippen LogP contribution in [0.25, 0.3) is 0 Å². The normalized spacial score (nSPS) is 26.1. The van der Waals surface area contributed by atoms with E-state index in [2.05, 4.69) is 58.9 Å². The Morgan fingerprint density at radius 1 is 1.24 bits per heavy atom. The predicted molar refractivity (Wildman–Crippen MR) is 77.6 cm³/mol. The molecule has 2 rings (SSSR count). The van der Waals surface area contributed by atoms with Gasteiger partial charge in [0.25, 0.3) is 0 Å². The van der Waals surface area contributed by atoms with E-state index in [1.165, 1.54) is 30.6 Å². The van der Waals surface area contributed by atoms with Crippen LogP contribution in [0.2, 0.25) is 0 Å². The quantitative estimate of drug-likeness (QED) is 0.766. The van der Waals surface area contributed by atoms with E-state index in [0.717, 1.165) is 18.9 Å².